The highest BCUT2D eigenvalue weighted by Crippen LogP contribution is 2.31. The molecule has 0 bridgehead atoms. The molecule has 0 unspecified atom stereocenters. The van der Waals surface area contributed by atoms with Gasteiger partial charge >= 0.3 is 0 Å². The maximum Gasteiger partial charge on any atom is 0.272 e. The van der Waals surface area contributed by atoms with E-state index in [0.717, 1.165) is 54.0 Å². The third-order valence-corrected chi connectivity index (χ3v) is 4.83. The summed E-state index contributed by atoms with van der Waals surface area (Å²) in [4.78, 5) is 12.4. The molecular weight excluding hydrogens is 306 g/mol. The van der Waals surface area contributed by atoms with Gasteiger partial charge in [-0.05, 0) is 37.3 Å². The SMILES string of the molecule is COc1ccc2c(c1)OC[C@H](CNC(=O)c1n[nH]c3c1CCC3)C2. The van der Waals surface area contributed by atoms with Crippen molar-refractivity contribution in [2.45, 2.75) is 25.7 Å². The number of aryl methyl sites for hydroxylation is 1. The van der Waals surface area contributed by atoms with Gasteiger partial charge in [0.2, 0.25) is 0 Å². The van der Waals surface area contributed by atoms with Crippen molar-refractivity contribution in [3.05, 3.63) is 40.7 Å². The molecule has 6 nitrogen and oxygen atoms in total. The Balaban J connectivity index is 1.37. The highest BCUT2D eigenvalue weighted by atomic mass is 16.5. The molecule has 1 aliphatic carbocycles. The number of aromatic amines is 1. The van der Waals surface area contributed by atoms with E-state index in [1.165, 1.54) is 0 Å². The van der Waals surface area contributed by atoms with Crippen molar-refractivity contribution in [2.24, 2.45) is 5.92 Å². The number of aromatic nitrogens is 2. The van der Waals surface area contributed by atoms with Crippen LogP contribution in [0.25, 0.3) is 0 Å². The number of benzene rings is 1. The average Bonchev–Trinajstić information content (AvgIpc) is 3.22. The molecule has 2 aliphatic rings. The van der Waals surface area contributed by atoms with Crippen LogP contribution in [-0.2, 0) is 19.3 Å². The van der Waals surface area contributed by atoms with Gasteiger partial charge in [-0.15, -0.1) is 0 Å². The zero-order valence-corrected chi connectivity index (χ0v) is 13.7. The van der Waals surface area contributed by atoms with E-state index in [1.807, 2.05) is 18.2 Å². The van der Waals surface area contributed by atoms with E-state index < -0.39 is 0 Å². The van der Waals surface area contributed by atoms with E-state index in [2.05, 4.69) is 15.5 Å². The molecule has 0 fully saturated rings. The summed E-state index contributed by atoms with van der Waals surface area (Å²) in [6.45, 7) is 1.19. The van der Waals surface area contributed by atoms with Crippen LogP contribution >= 0.6 is 0 Å². The molecule has 126 valence electrons. The van der Waals surface area contributed by atoms with Gasteiger partial charge in [-0.2, -0.15) is 5.10 Å². The molecule has 0 spiro atoms. The van der Waals surface area contributed by atoms with E-state index in [0.29, 0.717) is 18.8 Å². The number of H-pyrrole nitrogens is 1. The molecule has 6 heteroatoms. The summed E-state index contributed by atoms with van der Waals surface area (Å²) < 4.78 is 11.0. The standard InChI is InChI=1S/C18H21N3O3/c1-23-13-6-5-12-7-11(10-24-16(12)8-13)9-19-18(22)17-14-3-2-4-15(14)20-21-17/h5-6,8,11H,2-4,7,9-10H2,1H3,(H,19,22)(H,20,21)/t11-/m0/s1. The zero-order valence-electron chi connectivity index (χ0n) is 13.7. The monoisotopic (exact) mass is 327 g/mol. The minimum atomic E-state index is -0.0880. The molecule has 4 rings (SSSR count). The number of fused-ring (bicyclic) bond motifs is 2. The zero-order chi connectivity index (χ0) is 16.5. The Labute approximate surface area is 140 Å². The molecule has 0 saturated carbocycles. The molecule has 1 aromatic heterocycles. The lowest BCUT2D eigenvalue weighted by Crippen LogP contribution is -2.35. The number of rotatable bonds is 4. The highest BCUT2D eigenvalue weighted by Gasteiger charge is 2.25. The molecule has 1 aromatic carbocycles. The minimum absolute atomic E-state index is 0.0880. The third-order valence-electron chi connectivity index (χ3n) is 4.83. The van der Waals surface area contributed by atoms with E-state index in [9.17, 15) is 4.79 Å². The second-order valence-corrected chi connectivity index (χ2v) is 6.45. The van der Waals surface area contributed by atoms with Crippen LogP contribution in [0.15, 0.2) is 18.2 Å². The third kappa shape index (κ3) is 2.72. The van der Waals surface area contributed by atoms with Crippen molar-refractivity contribution in [3.8, 4) is 11.5 Å². The number of methoxy groups -OCH3 is 1. The van der Waals surface area contributed by atoms with Crippen LogP contribution in [0.2, 0.25) is 0 Å². The largest absolute Gasteiger partial charge is 0.497 e. The van der Waals surface area contributed by atoms with Gasteiger partial charge in [-0.3, -0.25) is 9.89 Å². The first kappa shape index (κ1) is 15.1. The fourth-order valence-corrected chi connectivity index (χ4v) is 3.50. The van der Waals surface area contributed by atoms with Crippen LogP contribution in [0, 0.1) is 5.92 Å². The summed E-state index contributed by atoms with van der Waals surface area (Å²) in [6, 6.07) is 5.88. The van der Waals surface area contributed by atoms with Crippen molar-refractivity contribution in [1.82, 2.24) is 15.5 Å². The molecule has 2 N–H and O–H groups in total. The number of hydrogen-bond donors (Lipinski definition) is 2. The number of nitrogens with one attached hydrogen (secondary N) is 2. The average molecular weight is 327 g/mol. The van der Waals surface area contributed by atoms with E-state index in [-0.39, 0.29) is 11.8 Å². The predicted octanol–water partition coefficient (Wildman–Crippen LogP) is 1.89. The fourth-order valence-electron chi connectivity index (χ4n) is 3.50. The van der Waals surface area contributed by atoms with Crippen LogP contribution in [0.5, 0.6) is 11.5 Å². The van der Waals surface area contributed by atoms with Gasteiger partial charge in [-0.1, -0.05) is 6.07 Å². The van der Waals surface area contributed by atoms with Crippen LogP contribution in [0.1, 0.15) is 33.7 Å². The Kier molecular flexibility index (Phi) is 3.88. The lowest BCUT2D eigenvalue weighted by atomic mass is 9.96. The molecule has 1 aliphatic heterocycles. The van der Waals surface area contributed by atoms with Crippen molar-refractivity contribution < 1.29 is 14.3 Å². The van der Waals surface area contributed by atoms with Crippen molar-refractivity contribution in [1.29, 1.82) is 0 Å². The first-order valence-electron chi connectivity index (χ1n) is 8.38. The van der Waals surface area contributed by atoms with E-state index >= 15 is 0 Å². The number of carbonyl (C=O) groups is 1. The number of nitrogens with zero attached hydrogens (tertiary/aromatic N) is 1. The van der Waals surface area contributed by atoms with Gasteiger partial charge in [-0.25, -0.2) is 0 Å². The molecular formula is C18H21N3O3. The lowest BCUT2D eigenvalue weighted by Gasteiger charge is -2.25. The van der Waals surface area contributed by atoms with Crippen LogP contribution in [-0.4, -0.2) is 36.4 Å². The normalized spacial score (nSPS) is 18.5. The van der Waals surface area contributed by atoms with Crippen LogP contribution in [0.4, 0.5) is 0 Å². The maximum atomic E-state index is 12.4. The smallest absolute Gasteiger partial charge is 0.272 e. The summed E-state index contributed by atoms with van der Waals surface area (Å²) in [5.74, 6) is 1.85. The lowest BCUT2D eigenvalue weighted by molar-refractivity contribution is 0.0933. The van der Waals surface area contributed by atoms with Crippen molar-refractivity contribution in [3.63, 3.8) is 0 Å². The minimum Gasteiger partial charge on any atom is -0.497 e. The molecule has 2 heterocycles. The van der Waals surface area contributed by atoms with Gasteiger partial charge in [0.15, 0.2) is 5.69 Å². The summed E-state index contributed by atoms with van der Waals surface area (Å²) >= 11 is 0. The molecule has 1 atom stereocenters. The second kappa shape index (κ2) is 6.19. The summed E-state index contributed by atoms with van der Waals surface area (Å²) in [6.07, 6.45) is 3.92. The Morgan fingerprint density at radius 3 is 3.25 bits per heavy atom. The molecule has 2 aromatic rings. The number of hydrogen-bond acceptors (Lipinski definition) is 4. The second-order valence-electron chi connectivity index (χ2n) is 6.45. The van der Waals surface area contributed by atoms with Gasteiger partial charge in [0, 0.05) is 29.8 Å². The Morgan fingerprint density at radius 1 is 1.46 bits per heavy atom. The molecule has 0 saturated heterocycles. The predicted molar refractivity (Wildman–Crippen MR) is 88.6 cm³/mol. The van der Waals surface area contributed by atoms with Gasteiger partial charge in [0.25, 0.3) is 5.91 Å². The number of carbonyl (C=O) groups excluding carboxylic acids is 1. The fraction of sp³-hybridized carbons (Fsp3) is 0.444. The van der Waals surface area contributed by atoms with Gasteiger partial charge < -0.3 is 14.8 Å². The Bertz CT molecular complexity index is 769. The summed E-state index contributed by atoms with van der Waals surface area (Å²) in [5.41, 5.74) is 3.92. The van der Waals surface area contributed by atoms with Gasteiger partial charge in [0.1, 0.15) is 11.5 Å². The van der Waals surface area contributed by atoms with E-state index in [4.69, 9.17) is 9.47 Å². The molecule has 24 heavy (non-hydrogen) atoms. The number of amides is 1. The summed E-state index contributed by atoms with van der Waals surface area (Å²) in [5, 5.41) is 10.2. The first-order valence-corrected chi connectivity index (χ1v) is 8.38. The Hall–Kier alpha value is -2.50. The highest BCUT2D eigenvalue weighted by molar-refractivity contribution is 5.94. The van der Waals surface area contributed by atoms with Crippen LogP contribution in [0.3, 0.4) is 0 Å². The quantitative estimate of drug-likeness (QED) is 0.899. The van der Waals surface area contributed by atoms with Crippen molar-refractivity contribution in [2.75, 3.05) is 20.3 Å². The van der Waals surface area contributed by atoms with Crippen LogP contribution < -0.4 is 14.8 Å². The summed E-state index contributed by atoms with van der Waals surface area (Å²) in [7, 11) is 1.65. The Morgan fingerprint density at radius 2 is 2.38 bits per heavy atom. The number of ether oxygens (including phenoxy) is 2. The van der Waals surface area contributed by atoms with Crippen molar-refractivity contribution >= 4 is 5.91 Å². The van der Waals surface area contributed by atoms with Gasteiger partial charge in [0.05, 0.1) is 13.7 Å². The topological polar surface area (TPSA) is 76.2 Å². The maximum absolute atomic E-state index is 12.4. The first-order chi connectivity index (χ1) is 11.7. The molecule has 0 radical (unpaired) electrons. The van der Waals surface area contributed by atoms with E-state index in [1.54, 1.807) is 7.11 Å². The molecule has 1 amide bonds.